The Kier molecular flexibility index (Phi) is 8.42. The Balaban J connectivity index is 1.74. The largest absolute Gasteiger partial charge is 0.467 e. The lowest BCUT2D eigenvalue weighted by Gasteiger charge is -2.22. The Labute approximate surface area is 197 Å². The van der Waals surface area contributed by atoms with E-state index in [0.717, 1.165) is 24.3 Å². The minimum atomic E-state index is -4.17. The summed E-state index contributed by atoms with van der Waals surface area (Å²) in [6, 6.07) is 14.0. The maximum Gasteiger partial charge on any atom is 0.339 e. The Bertz CT molecular complexity index is 1210. The lowest BCUT2D eigenvalue weighted by atomic mass is 10.1. The van der Waals surface area contributed by atoms with Gasteiger partial charge in [-0.25, -0.2) is 4.39 Å². The monoisotopic (exact) mass is 489 g/mol. The summed E-state index contributed by atoms with van der Waals surface area (Å²) >= 11 is 0. The quantitative estimate of drug-likeness (QED) is 0.296. The molecule has 180 valence electrons. The van der Waals surface area contributed by atoms with E-state index in [4.69, 9.17) is 13.3 Å². The third-order valence-corrected chi connectivity index (χ3v) is 5.97. The van der Waals surface area contributed by atoms with Gasteiger partial charge in [0, 0.05) is 13.0 Å². The highest BCUT2D eigenvalue weighted by Crippen LogP contribution is 2.22. The molecule has 0 unspecified atom stereocenters. The molecule has 0 aliphatic carbocycles. The number of hydrogen-bond acceptors (Lipinski definition) is 7. The summed E-state index contributed by atoms with van der Waals surface area (Å²) in [5, 5.41) is 0. The summed E-state index contributed by atoms with van der Waals surface area (Å²) in [6.45, 7) is 2.20. The highest BCUT2D eigenvalue weighted by molar-refractivity contribution is 7.87. The maximum absolute atomic E-state index is 13.1. The first-order valence-electron chi connectivity index (χ1n) is 10.5. The predicted molar refractivity (Wildman–Crippen MR) is 119 cm³/mol. The number of nitrogens with zero attached hydrogens (tertiary/aromatic N) is 1. The number of carbonyl (C=O) groups is 2. The van der Waals surface area contributed by atoms with Crippen molar-refractivity contribution in [2.75, 3.05) is 6.61 Å². The molecule has 0 saturated heterocycles. The van der Waals surface area contributed by atoms with E-state index >= 15 is 0 Å². The van der Waals surface area contributed by atoms with Crippen LogP contribution in [0.2, 0.25) is 0 Å². The van der Waals surface area contributed by atoms with Crippen LogP contribution in [-0.2, 0) is 37.5 Å². The van der Waals surface area contributed by atoms with Crippen LogP contribution in [0.15, 0.2) is 76.2 Å². The number of rotatable bonds is 11. The standard InChI is InChI=1S/C24H24FNO7S/c1-2-31-24(28)13-12-23(27)26(17-21-7-4-14-32-21)16-18-5-3-6-20(15-18)33-34(29,30)22-10-8-19(25)9-11-22/h3-11,14-15H,2,12-13,16-17H2,1H3. The van der Waals surface area contributed by atoms with Gasteiger partial charge in [-0.15, -0.1) is 0 Å². The minimum Gasteiger partial charge on any atom is -0.467 e. The van der Waals surface area contributed by atoms with E-state index in [1.807, 2.05) is 0 Å². The number of benzene rings is 2. The van der Waals surface area contributed by atoms with E-state index in [1.165, 1.54) is 23.3 Å². The van der Waals surface area contributed by atoms with Crippen LogP contribution in [0, 0.1) is 5.82 Å². The molecule has 2 aromatic carbocycles. The number of amides is 1. The average Bonchev–Trinajstić information content (AvgIpc) is 3.31. The fourth-order valence-electron chi connectivity index (χ4n) is 3.12. The van der Waals surface area contributed by atoms with Crippen molar-refractivity contribution in [2.45, 2.75) is 37.8 Å². The van der Waals surface area contributed by atoms with Crippen molar-refractivity contribution >= 4 is 22.0 Å². The molecule has 0 bridgehead atoms. The van der Waals surface area contributed by atoms with Gasteiger partial charge in [-0.3, -0.25) is 9.59 Å². The molecular formula is C24H24FNO7S. The summed E-state index contributed by atoms with van der Waals surface area (Å²) in [6.07, 6.45) is 1.39. The summed E-state index contributed by atoms with van der Waals surface area (Å²) in [5.74, 6) is -0.732. The fourth-order valence-corrected chi connectivity index (χ4v) is 4.04. The number of ether oxygens (including phenoxy) is 1. The van der Waals surface area contributed by atoms with Crippen LogP contribution in [0.1, 0.15) is 31.1 Å². The minimum absolute atomic E-state index is 0.0405. The van der Waals surface area contributed by atoms with E-state index in [2.05, 4.69) is 0 Å². The molecule has 0 atom stereocenters. The molecule has 0 saturated carbocycles. The SMILES string of the molecule is CCOC(=O)CCC(=O)N(Cc1cccc(OS(=O)(=O)c2ccc(F)cc2)c1)Cc1ccco1. The molecule has 1 aromatic heterocycles. The highest BCUT2D eigenvalue weighted by atomic mass is 32.2. The highest BCUT2D eigenvalue weighted by Gasteiger charge is 2.20. The van der Waals surface area contributed by atoms with Crippen molar-refractivity contribution in [1.82, 2.24) is 4.90 Å². The van der Waals surface area contributed by atoms with Gasteiger partial charge in [0.05, 0.1) is 25.8 Å². The van der Waals surface area contributed by atoms with E-state index < -0.39 is 21.9 Å². The van der Waals surface area contributed by atoms with Crippen molar-refractivity contribution in [3.8, 4) is 5.75 Å². The molecule has 34 heavy (non-hydrogen) atoms. The van der Waals surface area contributed by atoms with Gasteiger partial charge >= 0.3 is 16.1 Å². The van der Waals surface area contributed by atoms with Crippen LogP contribution in [0.4, 0.5) is 4.39 Å². The Morgan fingerprint density at radius 1 is 1.00 bits per heavy atom. The zero-order valence-electron chi connectivity index (χ0n) is 18.5. The Morgan fingerprint density at radius 2 is 1.76 bits per heavy atom. The van der Waals surface area contributed by atoms with E-state index in [-0.39, 0.29) is 49.1 Å². The first-order chi connectivity index (χ1) is 16.3. The number of esters is 1. The lowest BCUT2D eigenvalue weighted by Crippen LogP contribution is -2.30. The van der Waals surface area contributed by atoms with Gasteiger partial charge in [0.1, 0.15) is 22.2 Å². The van der Waals surface area contributed by atoms with E-state index in [1.54, 1.807) is 31.2 Å². The van der Waals surface area contributed by atoms with Gasteiger partial charge in [0.25, 0.3) is 0 Å². The van der Waals surface area contributed by atoms with Gasteiger partial charge in [-0.1, -0.05) is 12.1 Å². The summed E-state index contributed by atoms with van der Waals surface area (Å²) < 4.78 is 53.5. The second kappa shape index (κ2) is 11.5. The number of halogens is 1. The third-order valence-electron chi connectivity index (χ3n) is 4.71. The molecular weight excluding hydrogens is 465 g/mol. The Hall–Kier alpha value is -3.66. The van der Waals surface area contributed by atoms with Gasteiger partial charge in [0.15, 0.2) is 0 Å². The Morgan fingerprint density at radius 3 is 2.44 bits per heavy atom. The molecule has 0 aliphatic heterocycles. The molecule has 3 aromatic rings. The van der Waals surface area contributed by atoms with Crippen LogP contribution in [0.25, 0.3) is 0 Å². The van der Waals surface area contributed by atoms with Crippen LogP contribution in [0.5, 0.6) is 5.75 Å². The molecule has 8 nitrogen and oxygen atoms in total. The molecule has 0 aliphatic rings. The number of furan rings is 1. The van der Waals surface area contributed by atoms with Crippen molar-refractivity contribution in [2.24, 2.45) is 0 Å². The summed E-state index contributed by atoms with van der Waals surface area (Å²) in [5.41, 5.74) is 0.600. The van der Waals surface area contributed by atoms with Crippen LogP contribution >= 0.6 is 0 Å². The van der Waals surface area contributed by atoms with Crippen molar-refractivity contribution in [3.63, 3.8) is 0 Å². The van der Waals surface area contributed by atoms with Crippen molar-refractivity contribution in [3.05, 3.63) is 84.1 Å². The predicted octanol–water partition coefficient (Wildman–Crippen LogP) is 4.06. The fraction of sp³-hybridized carbons (Fsp3) is 0.250. The van der Waals surface area contributed by atoms with Gasteiger partial charge in [-0.2, -0.15) is 8.42 Å². The summed E-state index contributed by atoms with van der Waals surface area (Å²) in [7, 11) is -4.17. The van der Waals surface area contributed by atoms with Crippen LogP contribution < -0.4 is 4.18 Å². The molecule has 0 N–H and O–H groups in total. The number of hydrogen-bond donors (Lipinski definition) is 0. The molecule has 0 radical (unpaired) electrons. The molecule has 3 rings (SSSR count). The normalized spacial score (nSPS) is 11.1. The topological polar surface area (TPSA) is 103 Å². The second-order valence-corrected chi connectivity index (χ2v) is 8.82. The van der Waals surface area contributed by atoms with Gasteiger partial charge in [0.2, 0.25) is 5.91 Å². The first kappa shape index (κ1) is 25.0. The number of carbonyl (C=O) groups excluding carboxylic acids is 2. The second-order valence-electron chi connectivity index (χ2n) is 7.27. The smallest absolute Gasteiger partial charge is 0.339 e. The van der Waals surface area contributed by atoms with Crippen LogP contribution in [-0.4, -0.2) is 31.8 Å². The van der Waals surface area contributed by atoms with Gasteiger partial charge in [-0.05, 0) is 61.0 Å². The first-order valence-corrected chi connectivity index (χ1v) is 11.9. The van der Waals surface area contributed by atoms with E-state index in [9.17, 15) is 22.4 Å². The molecule has 1 amide bonds. The van der Waals surface area contributed by atoms with Gasteiger partial charge < -0.3 is 18.2 Å². The van der Waals surface area contributed by atoms with Crippen LogP contribution in [0.3, 0.4) is 0 Å². The van der Waals surface area contributed by atoms with Crippen molar-refractivity contribution < 1.29 is 35.7 Å². The molecule has 10 heteroatoms. The van der Waals surface area contributed by atoms with E-state index in [0.29, 0.717) is 11.3 Å². The molecule has 0 spiro atoms. The average molecular weight is 490 g/mol. The lowest BCUT2D eigenvalue weighted by molar-refractivity contribution is -0.146. The zero-order chi connectivity index (χ0) is 24.6. The van der Waals surface area contributed by atoms with Crippen molar-refractivity contribution in [1.29, 1.82) is 0 Å². The third kappa shape index (κ3) is 7.17. The zero-order valence-corrected chi connectivity index (χ0v) is 19.3. The molecule has 0 fully saturated rings. The molecule has 1 heterocycles. The maximum atomic E-state index is 13.1. The summed E-state index contributed by atoms with van der Waals surface area (Å²) in [4.78, 5) is 25.8.